The van der Waals surface area contributed by atoms with Gasteiger partial charge in [-0.25, -0.2) is 0 Å². The highest BCUT2D eigenvalue weighted by Gasteiger charge is 2.25. The molecule has 2 aromatic heterocycles. The highest BCUT2D eigenvalue weighted by molar-refractivity contribution is 5.94. The van der Waals surface area contributed by atoms with Crippen LogP contribution in [0.3, 0.4) is 0 Å². The summed E-state index contributed by atoms with van der Waals surface area (Å²) in [4.78, 5) is 30.2. The van der Waals surface area contributed by atoms with Gasteiger partial charge in [-0.1, -0.05) is 30.3 Å². The number of aromatic amines is 1. The third-order valence-corrected chi connectivity index (χ3v) is 4.88. The Morgan fingerprint density at radius 1 is 1.11 bits per heavy atom. The Bertz CT molecular complexity index is 973. The van der Waals surface area contributed by atoms with Crippen LogP contribution in [-0.2, 0) is 11.3 Å². The van der Waals surface area contributed by atoms with Gasteiger partial charge in [0, 0.05) is 19.7 Å². The largest absolute Gasteiger partial charge is 0.463 e. The van der Waals surface area contributed by atoms with E-state index in [4.69, 9.17) is 9.15 Å². The quantitative estimate of drug-likeness (QED) is 0.713. The third kappa shape index (κ3) is 4.07. The maximum absolute atomic E-state index is 13.2. The monoisotopic (exact) mass is 378 g/mol. The summed E-state index contributed by atoms with van der Waals surface area (Å²) in [5, 5.41) is 0. The minimum atomic E-state index is -0.427. The summed E-state index contributed by atoms with van der Waals surface area (Å²) in [6, 6.07) is 16.5. The van der Waals surface area contributed by atoms with E-state index in [2.05, 4.69) is 4.98 Å². The Balaban J connectivity index is 1.59. The molecule has 1 unspecified atom stereocenters. The first kappa shape index (κ1) is 18.3. The highest BCUT2D eigenvalue weighted by atomic mass is 16.5. The zero-order chi connectivity index (χ0) is 19.3. The van der Waals surface area contributed by atoms with Crippen LogP contribution in [0.5, 0.6) is 0 Å². The molecule has 0 bridgehead atoms. The van der Waals surface area contributed by atoms with Crippen LogP contribution in [0.25, 0.3) is 11.5 Å². The third-order valence-electron chi connectivity index (χ3n) is 4.88. The predicted octanol–water partition coefficient (Wildman–Crippen LogP) is 3.46. The number of rotatable bonds is 6. The molecular formula is C22H22N2O4. The fourth-order valence-electron chi connectivity index (χ4n) is 3.45. The Hall–Kier alpha value is -3.12. The number of pyridine rings is 1. The van der Waals surface area contributed by atoms with Crippen LogP contribution >= 0.6 is 0 Å². The molecule has 0 radical (unpaired) electrons. The minimum absolute atomic E-state index is 0.00846. The molecule has 0 spiro atoms. The van der Waals surface area contributed by atoms with Gasteiger partial charge in [0.15, 0.2) is 0 Å². The number of amides is 1. The van der Waals surface area contributed by atoms with Crippen molar-refractivity contribution in [2.75, 3.05) is 13.2 Å². The Morgan fingerprint density at radius 3 is 2.64 bits per heavy atom. The zero-order valence-corrected chi connectivity index (χ0v) is 15.5. The molecule has 4 rings (SSSR count). The molecular weight excluding hydrogens is 356 g/mol. The Kier molecular flexibility index (Phi) is 5.39. The van der Waals surface area contributed by atoms with Gasteiger partial charge in [0.2, 0.25) is 0 Å². The molecule has 6 nitrogen and oxygen atoms in total. The van der Waals surface area contributed by atoms with Crippen LogP contribution in [0.4, 0.5) is 0 Å². The smallest absolute Gasteiger partial charge is 0.261 e. The molecule has 1 aliphatic heterocycles. The van der Waals surface area contributed by atoms with Gasteiger partial charge in [0.25, 0.3) is 11.5 Å². The standard InChI is InChI=1S/C22H22N2O4/c25-21-18(10-11-19(23-21)20-9-5-13-28-20)22(26)24(15-17-8-4-12-27-17)14-16-6-2-1-3-7-16/h1-3,5-7,9-11,13,17H,4,8,12,14-15H2,(H,23,25). The van der Waals surface area contributed by atoms with E-state index in [1.54, 1.807) is 29.2 Å². The maximum Gasteiger partial charge on any atom is 0.261 e. The second-order valence-electron chi connectivity index (χ2n) is 6.90. The summed E-state index contributed by atoms with van der Waals surface area (Å²) in [6.07, 6.45) is 3.47. The SMILES string of the molecule is O=C(c1ccc(-c2ccco2)[nH]c1=O)N(Cc1ccccc1)CC1CCCO1. The summed E-state index contributed by atoms with van der Waals surface area (Å²) in [5.74, 6) is 0.253. The number of nitrogens with one attached hydrogen (secondary N) is 1. The molecule has 0 aliphatic carbocycles. The van der Waals surface area contributed by atoms with E-state index in [0.29, 0.717) is 24.5 Å². The second-order valence-corrected chi connectivity index (χ2v) is 6.90. The number of hydrogen-bond donors (Lipinski definition) is 1. The summed E-state index contributed by atoms with van der Waals surface area (Å²) in [6.45, 7) is 1.61. The van der Waals surface area contributed by atoms with Crippen LogP contribution in [0.2, 0.25) is 0 Å². The molecule has 1 aliphatic rings. The van der Waals surface area contributed by atoms with E-state index < -0.39 is 5.56 Å². The van der Waals surface area contributed by atoms with Crippen molar-refractivity contribution in [2.45, 2.75) is 25.5 Å². The van der Waals surface area contributed by atoms with Crippen molar-refractivity contribution in [3.8, 4) is 11.5 Å². The number of carbonyl (C=O) groups excluding carboxylic acids is 1. The van der Waals surface area contributed by atoms with Crippen molar-refractivity contribution in [2.24, 2.45) is 0 Å². The number of ether oxygens (including phenoxy) is 1. The van der Waals surface area contributed by atoms with E-state index >= 15 is 0 Å². The molecule has 0 saturated carbocycles. The zero-order valence-electron chi connectivity index (χ0n) is 15.5. The first-order valence-electron chi connectivity index (χ1n) is 9.43. The summed E-state index contributed by atoms with van der Waals surface area (Å²) >= 11 is 0. The fraction of sp³-hybridized carbons (Fsp3) is 0.273. The topological polar surface area (TPSA) is 75.5 Å². The highest BCUT2D eigenvalue weighted by Crippen LogP contribution is 2.18. The lowest BCUT2D eigenvalue weighted by molar-refractivity contribution is 0.0506. The number of carbonyl (C=O) groups is 1. The summed E-state index contributed by atoms with van der Waals surface area (Å²) in [5.41, 5.74) is 1.24. The normalized spacial score (nSPS) is 16.2. The molecule has 3 heterocycles. The number of furan rings is 1. The van der Waals surface area contributed by atoms with E-state index in [1.807, 2.05) is 30.3 Å². The van der Waals surface area contributed by atoms with Gasteiger partial charge in [0.1, 0.15) is 11.3 Å². The van der Waals surface area contributed by atoms with E-state index in [-0.39, 0.29) is 17.6 Å². The predicted molar refractivity (Wildman–Crippen MR) is 105 cm³/mol. The minimum Gasteiger partial charge on any atom is -0.463 e. The molecule has 1 fully saturated rings. The fourth-order valence-corrected chi connectivity index (χ4v) is 3.45. The van der Waals surface area contributed by atoms with Gasteiger partial charge >= 0.3 is 0 Å². The summed E-state index contributed by atoms with van der Waals surface area (Å²) < 4.78 is 11.0. The lowest BCUT2D eigenvalue weighted by Gasteiger charge is -2.25. The van der Waals surface area contributed by atoms with E-state index in [9.17, 15) is 9.59 Å². The van der Waals surface area contributed by atoms with Crippen LogP contribution in [0.1, 0.15) is 28.8 Å². The van der Waals surface area contributed by atoms with Gasteiger partial charge in [0.05, 0.1) is 18.1 Å². The van der Waals surface area contributed by atoms with Crippen LogP contribution < -0.4 is 5.56 Å². The maximum atomic E-state index is 13.2. The van der Waals surface area contributed by atoms with Crippen molar-refractivity contribution in [1.82, 2.24) is 9.88 Å². The first-order chi connectivity index (χ1) is 13.7. The molecule has 1 amide bonds. The van der Waals surface area contributed by atoms with Crippen LogP contribution in [-0.4, -0.2) is 35.0 Å². The number of nitrogens with zero attached hydrogens (tertiary/aromatic N) is 1. The molecule has 1 atom stereocenters. The molecule has 6 heteroatoms. The van der Waals surface area contributed by atoms with Crippen LogP contribution in [0.15, 0.2) is 70.1 Å². The molecule has 3 aromatic rings. The van der Waals surface area contributed by atoms with Crippen molar-refractivity contribution >= 4 is 5.91 Å². The lowest BCUT2D eigenvalue weighted by Crippen LogP contribution is -2.39. The van der Waals surface area contributed by atoms with Gasteiger partial charge in [-0.15, -0.1) is 0 Å². The van der Waals surface area contributed by atoms with E-state index in [1.165, 1.54) is 6.26 Å². The number of benzene rings is 1. The van der Waals surface area contributed by atoms with E-state index in [0.717, 1.165) is 25.0 Å². The first-order valence-corrected chi connectivity index (χ1v) is 9.43. The molecule has 144 valence electrons. The Morgan fingerprint density at radius 2 is 1.96 bits per heavy atom. The molecule has 1 N–H and O–H groups in total. The molecule has 28 heavy (non-hydrogen) atoms. The number of aromatic nitrogens is 1. The average Bonchev–Trinajstić information content (AvgIpc) is 3.42. The summed E-state index contributed by atoms with van der Waals surface area (Å²) in [7, 11) is 0. The van der Waals surface area contributed by atoms with Crippen molar-refractivity contribution < 1.29 is 13.9 Å². The van der Waals surface area contributed by atoms with Gasteiger partial charge < -0.3 is 19.0 Å². The average molecular weight is 378 g/mol. The number of hydrogen-bond acceptors (Lipinski definition) is 4. The van der Waals surface area contributed by atoms with Gasteiger partial charge in [-0.05, 0) is 42.7 Å². The second kappa shape index (κ2) is 8.27. The lowest BCUT2D eigenvalue weighted by atomic mass is 10.1. The Labute approximate surface area is 162 Å². The van der Waals surface area contributed by atoms with Crippen molar-refractivity contribution in [3.05, 3.63) is 82.3 Å². The van der Waals surface area contributed by atoms with Crippen molar-refractivity contribution in [1.29, 1.82) is 0 Å². The van der Waals surface area contributed by atoms with Crippen LogP contribution in [0, 0.1) is 0 Å². The molecule has 1 saturated heterocycles. The number of H-pyrrole nitrogens is 1. The van der Waals surface area contributed by atoms with Gasteiger partial charge in [-0.3, -0.25) is 9.59 Å². The van der Waals surface area contributed by atoms with Crippen molar-refractivity contribution in [3.63, 3.8) is 0 Å². The molecule has 1 aromatic carbocycles. The van der Waals surface area contributed by atoms with Gasteiger partial charge in [-0.2, -0.15) is 0 Å².